The molecule has 0 unspecified atom stereocenters. The van der Waals surface area contributed by atoms with Crippen LogP contribution in [0.4, 0.5) is 0 Å². The fraction of sp³-hybridized carbons (Fsp3) is 0.438. The Morgan fingerprint density at radius 3 is 2.78 bits per heavy atom. The number of sulfonamides is 1. The third-order valence-electron chi connectivity index (χ3n) is 4.13. The number of nitrogens with one attached hydrogen (secondary N) is 1. The summed E-state index contributed by atoms with van der Waals surface area (Å²) in [6.45, 7) is 2.84. The molecular formula is C16H20N2O4S. The lowest BCUT2D eigenvalue weighted by Crippen LogP contribution is -2.49. The minimum absolute atomic E-state index is 0.182. The molecule has 7 heteroatoms. The van der Waals surface area contributed by atoms with Crippen molar-refractivity contribution in [2.45, 2.75) is 25.8 Å². The Bertz CT molecular complexity index is 841. The molecule has 0 spiro atoms. The number of fused-ring (bicyclic) bond motifs is 1. The lowest BCUT2D eigenvalue weighted by Gasteiger charge is -2.32. The number of aryl methyl sites for hydroxylation is 1. The van der Waals surface area contributed by atoms with E-state index in [0.717, 1.165) is 30.0 Å². The van der Waals surface area contributed by atoms with E-state index in [4.69, 9.17) is 4.42 Å². The Morgan fingerprint density at radius 1 is 1.35 bits per heavy atom. The van der Waals surface area contributed by atoms with Crippen LogP contribution in [0.2, 0.25) is 0 Å². The van der Waals surface area contributed by atoms with E-state index in [2.05, 4.69) is 4.72 Å². The molecule has 0 bridgehead atoms. The first-order valence-corrected chi connectivity index (χ1v) is 9.49. The van der Waals surface area contributed by atoms with Crippen LogP contribution in [0.5, 0.6) is 0 Å². The summed E-state index contributed by atoms with van der Waals surface area (Å²) in [6, 6.07) is 7.30. The molecule has 1 aromatic carbocycles. The Kier molecular flexibility index (Phi) is 4.16. The molecule has 23 heavy (non-hydrogen) atoms. The second kappa shape index (κ2) is 5.98. The zero-order valence-corrected chi connectivity index (χ0v) is 14.0. The average molecular weight is 336 g/mol. The largest absolute Gasteiger partial charge is 0.451 e. The standard InChI is InChI=1S/C16H20N2O4S/c1-11-13-7-3-4-8-14(13)22-15(11)16(19)18-9-5-6-12(10-18)17-23(2,20)21/h3-4,7-8,12,17H,5-6,9-10H2,1-2H3/t12-/m0/s1. The highest BCUT2D eigenvalue weighted by molar-refractivity contribution is 7.88. The number of rotatable bonds is 3. The maximum Gasteiger partial charge on any atom is 0.289 e. The molecule has 1 aliphatic rings. The summed E-state index contributed by atoms with van der Waals surface area (Å²) in [5, 5.41) is 0.929. The molecule has 0 aliphatic carbocycles. The van der Waals surface area contributed by atoms with Gasteiger partial charge in [0, 0.05) is 30.1 Å². The molecule has 2 heterocycles. The Labute approximate surface area is 135 Å². The second-order valence-corrected chi connectivity index (χ2v) is 7.81. The first kappa shape index (κ1) is 16.0. The van der Waals surface area contributed by atoms with Gasteiger partial charge >= 0.3 is 0 Å². The van der Waals surface area contributed by atoms with Crippen LogP contribution in [-0.2, 0) is 10.0 Å². The quantitative estimate of drug-likeness (QED) is 0.928. The van der Waals surface area contributed by atoms with Gasteiger partial charge in [0.15, 0.2) is 5.76 Å². The summed E-state index contributed by atoms with van der Waals surface area (Å²) in [7, 11) is -3.28. The fourth-order valence-electron chi connectivity index (χ4n) is 3.08. The van der Waals surface area contributed by atoms with Gasteiger partial charge in [-0.25, -0.2) is 13.1 Å². The van der Waals surface area contributed by atoms with Gasteiger partial charge in [-0.2, -0.15) is 0 Å². The molecule has 6 nitrogen and oxygen atoms in total. The van der Waals surface area contributed by atoms with Crippen LogP contribution in [-0.4, -0.2) is 44.6 Å². The SMILES string of the molecule is Cc1c(C(=O)N2CCC[C@H](NS(C)(=O)=O)C2)oc2ccccc12. The summed E-state index contributed by atoms with van der Waals surface area (Å²) in [5.74, 6) is 0.157. The van der Waals surface area contributed by atoms with Crippen LogP contribution in [0, 0.1) is 6.92 Å². The van der Waals surface area contributed by atoms with Gasteiger partial charge in [-0.15, -0.1) is 0 Å². The predicted molar refractivity (Wildman–Crippen MR) is 87.9 cm³/mol. The zero-order chi connectivity index (χ0) is 16.6. The van der Waals surface area contributed by atoms with Crippen molar-refractivity contribution in [3.8, 4) is 0 Å². The van der Waals surface area contributed by atoms with Crippen molar-refractivity contribution in [1.82, 2.24) is 9.62 Å². The molecule has 1 atom stereocenters. The van der Waals surface area contributed by atoms with Crippen molar-refractivity contribution in [3.05, 3.63) is 35.6 Å². The van der Waals surface area contributed by atoms with E-state index < -0.39 is 10.0 Å². The zero-order valence-electron chi connectivity index (χ0n) is 13.2. The van der Waals surface area contributed by atoms with Gasteiger partial charge in [0.05, 0.1) is 6.26 Å². The van der Waals surface area contributed by atoms with Crippen molar-refractivity contribution in [2.24, 2.45) is 0 Å². The molecule has 2 aromatic rings. The number of carbonyl (C=O) groups is 1. The minimum atomic E-state index is -3.28. The van der Waals surface area contributed by atoms with E-state index in [0.29, 0.717) is 24.4 Å². The van der Waals surface area contributed by atoms with Gasteiger partial charge in [-0.05, 0) is 25.8 Å². The van der Waals surface area contributed by atoms with Gasteiger partial charge < -0.3 is 9.32 Å². The van der Waals surface area contributed by atoms with Crippen molar-refractivity contribution in [2.75, 3.05) is 19.3 Å². The van der Waals surface area contributed by atoms with E-state index >= 15 is 0 Å². The predicted octanol–water partition coefficient (Wildman–Crippen LogP) is 1.90. The molecule has 1 saturated heterocycles. The van der Waals surface area contributed by atoms with Crippen LogP contribution in [0.1, 0.15) is 29.0 Å². The van der Waals surface area contributed by atoms with E-state index in [1.807, 2.05) is 31.2 Å². The number of likely N-dealkylation sites (tertiary alicyclic amines) is 1. The van der Waals surface area contributed by atoms with Crippen LogP contribution < -0.4 is 4.72 Å². The van der Waals surface area contributed by atoms with Crippen molar-refractivity contribution < 1.29 is 17.6 Å². The van der Waals surface area contributed by atoms with Crippen molar-refractivity contribution in [3.63, 3.8) is 0 Å². The number of piperidine rings is 1. The first-order chi connectivity index (χ1) is 10.8. The van der Waals surface area contributed by atoms with Crippen LogP contribution >= 0.6 is 0 Å². The average Bonchev–Trinajstić information content (AvgIpc) is 2.83. The summed E-state index contributed by atoms with van der Waals surface area (Å²) < 4.78 is 31.1. The van der Waals surface area contributed by atoms with Crippen molar-refractivity contribution in [1.29, 1.82) is 0 Å². The molecule has 124 valence electrons. The third-order valence-corrected chi connectivity index (χ3v) is 4.89. The highest BCUT2D eigenvalue weighted by Crippen LogP contribution is 2.26. The summed E-state index contributed by atoms with van der Waals surface area (Å²) in [4.78, 5) is 14.4. The number of carbonyl (C=O) groups excluding carboxylic acids is 1. The number of hydrogen-bond acceptors (Lipinski definition) is 4. The van der Waals surface area contributed by atoms with E-state index in [9.17, 15) is 13.2 Å². The molecule has 1 fully saturated rings. The number of furan rings is 1. The Hall–Kier alpha value is -1.86. The van der Waals surface area contributed by atoms with Gasteiger partial charge in [0.25, 0.3) is 5.91 Å². The maximum absolute atomic E-state index is 12.8. The Morgan fingerprint density at radius 2 is 2.09 bits per heavy atom. The lowest BCUT2D eigenvalue weighted by molar-refractivity contribution is 0.0672. The molecule has 1 aliphatic heterocycles. The third kappa shape index (κ3) is 3.40. The minimum Gasteiger partial charge on any atom is -0.451 e. The van der Waals surface area contributed by atoms with Crippen LogP contribution in [0.3, 0.4) is 0 Å². The summed E-state index contributed by atoms with van der Waals surface area (Å²) >= 11 is 0. The molecule has 1 aromatic heterocycles. The molecule has 0 saturated carbocycles. The maximum atomic E-state index is 12.8. The smallest absolute Gasteiger partial charge is 0.289 e. The van der Waals surface area contributed by atoms with Gasteiger partial charge in [-0.1, -0.05) is 18.2 Å². The highest BCUT2D eigenvalue weighted by Gasteiger charge is 2.29. The monoisotopic (exact) mass is 336 g/mol. The topological polar surface area (TPSA) is 79.6 Å². The molecule has 0 radical (unpaired) electrons. The fourth-order valence-corrected chi connectivity index (χ4v) is 3.88. The lowest BCUT2D eigenvalue weighted by atomic mass is 10.1. The van der Waals surface area contributed by atoms with Crippen LogP contribution in [0.15, 0.2) is 28.7 Å². The van der Waals surface area contributed by atoms with Gasteiger partial charge in [0.2, 0.25) is 10.0 Å². The van der Waals surface area contributed by atoms with Gasteiger partial charge in [0.1, 0.15) is 5.58 Å². The van der Waals surface area contributed by atoms with E-state index in [-0.39, 0.29) is 11.9 Å². The first-order valence-electron chi connectivity index (χ1n) is 7.60. The number of amides is 1. The van der Waals surface area contributed by atoms with E-state index in [1.54, 1.807) is 4.90 Å². The normalized spacial score (nSPS) is 19.2. The number of hydrogen-bond donors (Lipinski definition) is 1. The van der Waals surface area contributed by atoms with Crippen LogP contribution in [0.25, 0.3) is 11.0 Å². The molecule has 3 rings (SSSR count). The van der Waals surface area contributed by atoms with E-state index in [1.165, 1.54) is 0 Å². The number of benzene rings is 1. The highest BCUT2D eigenvalue weighted by atomic mass is 32.2. The molecular weight excluding hydrogens is 316 g/mol. The number of para-hydroxylation sites is 1. The summed E-state index contributed by atoms with van der Waals surface area (Å²) in [5.41, 5.74) is 1.51. The Balaban J connectivity index is 1.82. The number of nitrogens with zero attached hydrogens (tertiary/aromatic N) is 1. The summed E-state index contributed by atoms with van der Waals surface area (Å²) in [6.07, 6.45) is 2.63. The van der Waals surface area contributed by atoms with Gasteiger partial charge in [-0.3, -0.25) is 4.79 Å². The molecule has 1 N–H and O–H groups in total. The molecule has 1 amide bonds. The second-order valence-electron chi connectivity index (χ2n) is 6.03. The van der Waals surface area contributed by atoms with Crippen molar-refractivity contribution >= 4 is 26.9 Å².